The average Bonchev–Trinajstić information content (AvgIpc) is 2.86. The van der Waals surface area contributed by atoms with Crippen LogP contribution >= 0.6 is 0 Å². The molecule has 1 saturated carbocycles. The van der Waals surface area contributed by atoms with E-state index in [1.165, 1.54) is 0 Å². The molecule has 0 radical (unpaired) electrons. The number of carbonyl (C=O) groups excluding carboxylic acids is 1. The van der Waals surface area contributed by atoms with Crippen LogP contribution in [0.5, 0.6) is 0 Å². The molecule has 0 heterocycles. The fourth-order valence-corrected chi connectivity index (χ4v) is 2.58. The molecule has 1 aromatic carbocycles. The monoisotopic (exact) mass is 296 g/mol. The summed E-state index contributed by atoms with van der Waals surface area (Å²) in [6.45, 7) is 1.84. The van der Waals surface area contributed by atoms with Gasteiger partial charge in [0, 0.05) is 5.41 Å². The van der Waals surface area contributed by atoms with E-state index in [0.29, 0.717) is 0 Å². The van der Waals surface area contributed by atoms with Crippen LogP contribution in [0.25, 0.3) is 0 Å². The van der Waals surface area contributed by atoms with Gasteiger partial charge in [-0.25, -0.2) is 0 Å². The third-order valence-corrected chi connectivity index (χ3v) is 3.97. The maximum Gasteiger partial charge on any atom is 0.416 e. The molecular weight excluding hydrogens is 281 g/mol. The summed E-state index contributed by atoms with van der Waals surface area (Å²) in [6, 6.07) is 4.46. The fourth-order valence-electron chi connectivity index (χ4n) is 2.58. The Morgan fingerprint density at radius 3 is 2.48 bits per heavy atom. The van der Waals surface area contributed by atoms with Gasteiger partial charge in [-0.3, -0.25) is 4.79 Å². The first-order chi connectivity index (χ1) is 9.76. The second-order valence-electron chi connectivity index (χ2n) is 5.59. The Labute approximate surface area is 120 Å². The molecule has 21 heavy (non-hydrogen) atoms. The summed E-state index contributed by atoms with van der Waals surface area (Å²) in [5, 5.41) is 11.6. The van der Waals surface area contributed by atoms with Crippen LogP contribution in [0.3, 0.4) is 0 Å². The number of benzene rings is 1. The van der Waals surface area contributed by atoms with Gasteiger partial charge >= 0.3 is 6.18 Å². The average molecular weight is 296 g/mol. The first-order valence-electron chi connectivity index (χ1n) is 6.69. The summed E-state index contributed by atoms with van der Waals surface area (Å²) in [7, 11) is 0. The number of alkyl halides is 3. The Bertz CT molecular complexity index is 596. The predicted molar refractivity (Wildman–Crippen MR) is 71.4 cm³/mol. The molecule has 0 saturated heterocycles. The molecule has 1 fully saturated rings. The third-order valence-electron chi connectivity index (χ3n) is 3.97. The quantitative estimate of drug-likeness (QED) is 0.893. The van der Waals surface area contributed by atoms with Crippen LogP contribution in [0.4, 0.5) is 18.9 Å². The second kappa shape index (κ2) is 5.40. The molecule has 2 rings (SSSR count). The molecule has 0 spiro atoms. The Hall–Kier alpha value is -2.03. The number of rotatable bonds is 2. The Balaban J connectivity index is 2.25. The molecule has 0 bridgehead atoms. The highest BCUT2D eigenvalue weighted by molar-refractivity contribution is 5.96. The zero-order valence-corrected chi connectivity index (χ0v) is 11.5. The predicted octanol–water partition coefficient (Wildman–Crippen LogP) is 4.10. The number of halogens is 3. The number of anilines is 1. The lowest BCUT2D eigenvalue weighted by Crippen LogP contribution is -2.31. The number of nitriles is 1. The van der Waals surface area contributed by atoms with Crippen molar-refractivity contribution >= 4 is 11.6 Å². The number of nitrogens with zero attached hydrogens (tertiary/aromatic N) is 1. The number of nitrogens with one attached hydrogen (secondary N) is 1. The van der Waals surface area contributed by atoms with Crippen LogP contribution < -0.4 is 5.32 Å². The Morgan fingerprint density at radius 1 is 1.33 bits per heavy atom. The number of hydrogen-bond donors (Lipinski definition) is 1. The number of hydrogen-bond acceptors (Lipinski definition) is 2. The zero-order valence-electron chi connectivity index (χ0n) is 11.5. The normalized spacial score (nSPS) is 17.3. The smallest absolute Gasteiger partial charge is 0.324 e. The molecule has 0 atom stereocenters. The van der Waals surface area contributed by atoms with Gasteiger partial charge in [0.2, 0.25) is 5.91 Å². The third kappa shape index (κ3) is 3.18. The van der Waals surface area contributed by atoms with E-state index in [-0.39, 0.29) is 17.2 Å². The molecule has 0 aromatic heterocycles. The van der Waals surface area contributed by atoms with Gasteiger partial charge in [0.15, 0.2) is 0 Å². The largest absolute Gasteiger partial charge is 0.416 e. The molecule has 1 aliphatic carbocycles. The highest BCUT2D eigenvalue weighted by Gasteiger charge is 2.37. The summed E-state index contributed by atoms with van der Waals surface area (Å²) < 4.78 is 37.8. The molecule has 0 aliphatic heterocycles. The van der Waals surface area contributed by atoms with Crippen LogP contribution in [0.1, 0.15) is 43.7 Å². The fraction of sp³-hybridized carbons (Fsp3) is 0.467. The van der Waals surface area contributed by atoms with Crippen molar-refractivity contribution in [1.29, 1.82) is 5.26 Å². The van der Waals surface area contributed by atoms with Crippen LogP contribution in [0, 0.1) is 16.7 Å². The summed E-state index contributed by atoms with van der Waals surface area (Å²) in [6.07, 6.45) is -1.08. The van der Waals surface area contributed by atoms with Gasteiger partial charge in [-0.2, -0.15) is 18.4 Å². The molecular formula is C15H15F3N2O. The lowest BCUT2D eigenvalue weighted by molar-refractivity contribution is -0.137. The second-order valence-corrected chi connectivity index (χ2v) is 5.59. The van der Waals surface area contributed by atoms with Crippen molar-refractivity contribution in [2.75, 3.05) is 5.32 Å². The molecule has 3 nitrogen and oxygen atoms in total. The van der Waals surface area contributed by atoms with E-state index >= 15 is 0 Å². The molecule has 1 amide bonds. The van der Waals surface area contributed by atoms with Gasteiger partial charge in [0.25, 0.3) is 0 Å². The van der Waals surface area contributed by atoms with Crippen LogP contribution in [0.15, 0.2) is 18.2 Å². The van der Waals surface area contributed by atoms with Gasteiger partial charge in [-0.1, -0.05) is 19.8 Å². The standard InChI is InChI=1S/C15H15F3N2O/c1-14(6-2-3-7-14)13(21)20-12-5-4-11(15(16,17)18)8-10(12)9-19/h4-5,8H,2-3,6-7H2,1H3,(H,20,21). The van der Waals surface area contributed by atoms with E-state index in [9.17, 15) is 18.0 Å². The summed E-state index contributed by atoms with van der Waals surface area (Å²) in [5.74, 6) is -0.240. The van der Waals surface area contributed by atoms with E-state index in [2.05, 4.69) is 5.32 Å². The molecule has 1 aromatic rings. The van der Waals surface area contributed by atoms with Crippen molar-refractivity contribution in [2.45, 2.75) is 38.8 Å². The first kappa shape index (κ1) is 15.4. The topological polar surface area (TPSA) is 52.9 Å². The van der Waals surface area contributed by atoms with Gasteiger partial charge in [0.1, 0.15) is 6.07 Å². The maximum atomic E-state index is 12.6. The van der Waals surface area contributed by atoms with Crippen molar-refractivity contribution in [3.8, 4) is 6.07 Å². The number of amides is 1. The van der Waals surface area contributed by atoms with Crippen molar-refractivity contribution in [3.63, 3.8) is 0 Å². The van der Waals surface area contributed by atoms with Gasteiger partial charge in [-0.05, 0) is 31.0 Å². The zero-order chi connectivity index (χ0) is 15.7. The van der Waals surface area contributed by atoms with Crippen molar-refractivity contribution in [1.82, 2.24) is 0 Å². The summed E-state index contributed by atoms with van der Waals surface area (Å²) in [5.41, 5.74) is -1.46. The lowest BCUT2D eigenvalue weighted by atomic mass is 9.87. The molecule has 1 N–H and O–H groups in total. The lowest BCUT2D eigenvalue weighted by Gasteiger charge is -2.22. The van der Waals surface area contributed by atoms with Crippen LogP contribution in [0.2, 0.25) is 0 Å². The maximum absolute atomic E-state index is 12.6. The van der Waals surface area contributed by atoms with Crippen molar-refractivity contribution < 1.29 is 18.0 Å². The molecule has 112 valence electrons. The Kier molecular flexibility index (Phi) is 3.95. The van der Waals surface area contributed by atoms with Crippen LogP contribution in [-0.4, -0.2) is 5.91 Å². The van der Waals surface area contributed by atoms with Gasteiger partial charge < -0.3 is 5.32 Å². The SMILES string of the molecule is CC1(C(=O)Nc2ccc(C(F)(F)F)cc2C#N)CCCC1. The summed E-state index contributed by atoms with van der Waals surface area (Å²) >= 11 is 0. The minimum absolute atomic E-state index is 0.128. The van der Waals surface area contributed by atoms with Crippen molar-refractivity contribution in [2.24, 2.45) is 5.41 Å². The number of carbonyl (C=O) groups is 1. The first-order valence-corrected chi connectivity index (χ1v) is 6.69. The Morgan fingerprint density at radius 2 is 1.95 bits per heavy atom. The minimum Gasteiger partial charge on any atom is -0.324 e. The molecule has 6 heteroatoms. The minimum atomic E-state index is -4.51. The van der Waals surface area contributed by atoms with E-state index in [4.69, 9.17) is 5.26 Å². The van der Waals surface area contributed by atoms with Gasteiger partial charge in [0.05, 0.1) is 16.8 Å². The van der Waals surface area contributed by atoms with Gasteiger partial charge in [-0.15, -0.1) is 0 Å². The van der Waals surface area contributed by atoms with Crippen molar-refractivity contribution in [3.05, 3.63) is 29.3 Å². The molecule has 1 aliphatic rings. The van der Waals surface area contributed by atoms with E-state index in [1.807, 2.05) is 6.92 Å². The summed E-state index contributed by atoms with van der Waals surface area (Å²) in [4.78, 5) is 12.2. The van der Waals surface area contributed by atoms with Crippen LogP contribution in [-0.2, 0) is 11.0 Å². The highest BCUT2D eigenvalue weighted by atomic mass is 19.4. The van der Waals surface area contributed by atoms with E-state index in [1.54, 1.807) is 6.07 Å². The van der Waals surface area contributed by atoms with E-state index < -0.39 is 17.2 Å². The molecule has 0 unspecified atom stereocenters. The highest BCUT2D eigenvalue weighted by Crippen LogP contribution is 2.39. The van der Waals surface area contributed by atoms with E-state index in [0.717, 1.165) is 43.9 Å².